The van der Waals surface area contributed by atoms with Crippen molar-refractivity contribution in [3.63, 3.8) is 0 Å². The molecule has 2 N–H and O–H groups in total. The molecule has 6 nitrogen and oxygen atoms in total. The fraction of sp³-hybridized carbons (Fsp3) is 0.357. The maximum absolute atomic E-state index is 12.1. The number of nitriles is 1. The lowest BCUT2D eigenvalue weighted by atomic mass is 10.2. The van der Waals surface area contributed by atoms with Crippen molar-refractivity contribution < 1.29 is 14.7 Å². The molecule has 6 heteroatoms. The number of nitrogens with one attached hydrogen (secondary N) is 1. The number of benzene rings is 1. The summed E-state index contributed by atoms with van der Waals surface area (Å²) in [6.07, 6.45) is 0.0822. The number of anilines is 1. The first-order valence-electron chi connectivity index (χ1n) is 6.19. The molecule has 20 heavy (non-hydrogen) atoms. The van der Waals surface area contributed by atoms with E-state index in [1.165, 1.54) is 6.92 Å². The Kier molecular flexibility index (Phi) is 5.54. The largest absolute Gasteiger partial charge is 0.480 e. The van der Waals surface area contributed by atoms with Crippen molar-refractivity contribution in [2.24, 2.45) is 0 Å². The second-order valence-electron chi connectivity index (χ2n) is 4.42. The van der Waals surface area contributed by atoms with Crippen LogP contribution in [0.2, 0.25) is 0 Å². The Balaban J connectivity index is 2.82. The molecule has 1 rings (SSSR count). The van der Waals surface area contributed by atoms with E-state index >= 15 is 0 Å². The molecule has 0 fully saturated rings. The third kappa shape index (κ3) is 4.28. The van der Waals surface area contributed by atoms with Crippen LogP contribution in [0.15, 0.2) is 24.3 Å². The molecule has 0 spiro atoms. The molecule has 0 bridgehead atoms. The average molecular weight is 275 g/mol. The van der Waals surface area contributed by atoms with Crippen molar-refractivity contribution in [3.05, 3.63) is 29.8 Å². The van der Waals surface area contributed by atoms with Crippen molar-refractivity contribution in [1.29, 1.82) is 5.26 Å². The van der Waals surface area contributed by atoms with Crippen LogP contribution in [0.25, 0.3) is 0 Å². The molecule has 0 aliphatic heterocycles. The monoisotopic (exact) mass is 275 g/mol. The van der Waals surface area contributed by atoms with Gasteiger partial charge in [-0.05, 0) is 31.5 Å². The number of aliphatic carboxylic acids is 1. The Hall–Kier alpha value is -2.55. The van der Waals surface area contributed by atoms with Gasteiger partial charge in [-0.1, -0.05) is 12.1 Å². The lowest BCUT2D eigenvalue weighted by Crippen LogP contribution is -2.45. The van der Waals surface area contributed by atoms with Gasteiger partial charge in [-0.3, -0.25) is 0 Å². The van der Waals surface area contributed by atoms with Crippen LogP contribution in [-0.4, -0.2) is 34.6 Å². The smallest absolute Gasteiger partial charge is 0.326 e. The molecule has 0 aromatic heterocycles. The van der Waals surface area contributed by atoms with Crippen molar-refractivity contribution in [1.82, 2.24) is 4.90 Å². The first kappa shape index (κ1) is 15.5. The Morgan fingerprint density at radius 3 is 2.75 bits per heavy atom. The molecule has 0 saturated heterocycles. The minimum absolute atomic E-state index is 0.0710. The van der Waals surface area contributed by atoms with Gasteiger partial charge in [0, 0.05) is 12.2 Å². The van der Waals surface area contributed by atoms with Crippen LogP contribution < -0.4 is 5.32 Å². The number of aryl methyl sites for hydroxylation is 1. The lowest BCUT2D eigenvalue weighted by molar-refractivity contribution is -0.141. The molecule has 1 atom stereocenters. The molecule has 0 aliphatic carbocycles. The third-order valence-corrected chi connectivity index (χ3v) is 2.82. The Bertz CT molecular complexity index is 537. The minimum atomic E-state index is -1.11. The topological polar surface area (TPSA) is 93.4 Å². The highest BCUT2D eigenvalue weighted by atomic mass is 16.4. The van der Waals surface area contributed by atoms with Gasteiger partial charge in [0.05, 0.1) is 12.5 Å². The summed E-state index contributed by atoms with van der Waals surface area (Å²) in [4.78, 5) is 24.3. The fourth-order valence-corrected chi connectivity index (χ4v) is 1.69. The summed E-state index contributed by atoms with van der Waals surface area (Å²) in [6.45, 7) is 3.38. The number of carbonyl (C=O) groups excluding carboxylic acids is 1. The third-order valence-electron chi connectivity index (χ3n) is 2.82. The molecular formula is C14H17N3O3. The van der Waals surface area contributed by atoms with E-state index in [0.717, 1.165) is 10.5 Å². The van der Waals surface area contributed by atoms with Crippen molar-refractivity contribution >= 4 is 17.7 Å². The highest BCUT2D eigenvalue weighted by molar-refractivity contribution is 5.92. The quantitative estimate of drug-likeness (QED) is 0.861. The molecule has 1 aromatic rings. The molecular weight excluding hydrogens is 258 g/mol. The van der Waals surface area contributed by atoms with Gasteiger partial charge < -0.3 is 15.3 Å². The summed E-state index contributed by atoms with van der Waals surface area (Å²) in [5.41, 5.74) is 1.58. The molecule has 1 unspecified atom stereocenters. The van der Waals surface area contributed by atoms with E-state index in [1.807, 2.05) is 19.1 Å². The summed E-state index contributed by atoms with van der Waals surface area (Å²) in [6, 6.07) is 7.58. The summed E-state index contributed by atoms with van der Waals surface area (Å²) >= 11 is 0. The van der Waals surface area contributed by atoms with Crippen LogP contribution in [0, 0.1) is 18.3 Å². The van der Waals surface area contributed by atoms with E-state index in [2.05, 4.69) is 5.32 Å². The van der Waals surface area contributed by atoms with Crippen LogP contribution in [0.3, 0.4) is 0 Å². The first-order valence-corrected chi connectivity index (χ1v) is 6.19. The van der Waals surface area contributed by atoms with Gasteiger partial charge in [-0.2, -0.15) is 5.26 Å². The fourth-order valence-electron chi connectivity index (χ4n) is 1.69. The summed E-state index contributed by atoms with van der Waals surface area (Å²) < 4.78 is 0. The Labute approximate surface area is 117 Å². The van der Waals surface area contributed by atoms with Gasteiger partial charge in [0.25, 0.3) is 0 Å². The van der Waals surface area contributed by atoms with Gasteiger partial charge in [-0.25, -0.2) is 9.59 Å². The highest BCUT2D eigenvalue weighted by Crippen LogP contribution is 2.12. The van der Waals surface area contributed by atoms with Crippen LogP contribution in [0.1, 0.15) is 18.9 Å². The number of rotatable bonds is 5. The van der Waals surface area contributed by atoms with Crippen LogP contribution in [-0.2, 0) is 4.79 Å². The van der Waals surface area contributed by atoms with E-state index in [1.54, 1.807) is 18.2 Å². The molecule has 1 aromatic carbocycles. The van der Waals surface area contributed by atoms with Crippen LogP contribution in [0.4, 0.5) is 10.5 Å². The molecule has 0 saturated carbocycles. The first-order chi connectivity index (χ1) is 9.45. The number of hydrogen-bond donors (Lipinski definition) is 2. The predicted octanol–water partition coefficient (Wildman–Crippen LogP) is 2.22. The Morgan fingerprint density at radius 1 is 1.50 bits per heavy atom. The van der Waals surface area contributed by atoms with Gasteiger partial charge in [0.2, 0.25) is 0 Å². The van der Waals surface area contributed by atoms with Crippen molar-refractivity contribution in [2.45, 2.75) is 26.3 Å². The normalized spacial score (nSPS) is 11.2. The maximum Gasteiger partial charge on any atom is 0.326 e. The number of hydrogen-bond acceptors (Lipinski definition) is 3. The zero-order chi connectivity index (χ0) is 15.1. The second kappa shape index (κ2) is 7.14. The zero-order valence-electron chi connectivity index (χ0n) is 11.5. The number of urea groups is 1. The lowest BCUT2D eigenvalue weighted by Gasteiger charge is -2.25. The van der Waals surface area contributed by atoms with Gasteiger partial charge in [0.15, 0.2) is 0 Å². The van der Waals surface area contributed by atoms with Crippen molar-refractivity contribution in [3.8, 4) is 6.07 Å². The predicted molar refractivity (Wildman–Crippen MR) is 74.2 cm³/mol. The zero-order valence-corrected chi connectivity index (χ0v) is 11.5. The maximum atomic E-state index is 12.1. The van der Waals surface area contributed by atoms with E-state index in [9.17, 15) is 9.59 Å². The summed E-state index contributed by atoms with van der Waals surface area (Å²) in [5.74, 6) is -1.11. The second-order valence-corrected chi connectivity index (χ2v) is 4.42. The van der Waals surface area contributed by atoms with Gasteiger partial charge >= 0.3 is 12.0 Å². The molecule has 0 heterocycles. The van der Waals surface area contributed by atoms with E-state index in [-0.39, 0.29) is 13.0 Å². The van der Waals surface area contributed by atoms with E-state index in [0.29, 0.717) is 5.69 Å². The number of carboxylic acid groups (broad SMARTS) is 1. The number of amides is 2. The molecule has 2 amide bonds. The van der Waals surface area contributed by atoms with Gasteiger partial charge in [-0.15, -0.1) is 0 Å². The SMILES string of the molecule is Cc1cccc(NC(=O)N(CCC#N)C(C)C(=O)O)c1. The van der Waals surface area contributed by atoms with Crippen LogP contribution in [0.5, 0.6) is 0 Å². The highest BCUT2D eigenvalue weighted by Gasteiger charge is 2.25. The minimum Gasteiger partial charge on any atom is -0.480 e. The number of carboxylic acids is 1. The van der Waals surface area contributed by atoms with Crippen LogP contribution >= 0.6 is 0 Å². The molecule has 0 radical (unpaired) electrons. The summed E-state index contributed by atoms with van der Waals surface area (Å²) in [7, 11) is 0. The Morgan fingerprint density at radius 2 is 2.20 bits per heavy atom. The molecule has 0 aliphatic rings. The van der Waals surface area contributed by atoms with Crippen molar-refractivity contribution in [2.75, 3.05) is 11.9 Å². The van der Waals surface area contributed by atoms with E-state index < -0.39 is 18.0 Å². The number of nitrogens with zero attached hydrogens (tertiary/aromatic N) is 2. The average Bonchev–Trinajstić information content (AvgIpc) is 2.38. The number of carbonyl (C=O) groups is 2. The summed E-state index contributed by atoms with van der Waals surface area (Å²) in [5, 5.41) is 20.2. The molecule has 106 valence electrons. The van der Waals surface area contributed by atoms with Gasteiger partial charge in [0.1, 0.15) is 6.04 Å². The van der Waals surface area contributed by atoms with E-state index in [4.69, 9.17) is 10.4 Å². The standard InChI is InChI=1S/C14H17N3O3/c1-10-5-3-6-12(9-10)16-14(20)17(8-4-7-15)11(2)13(18)19/h3,5-6,9,11H,4,8H2,1-2H3,(H,16,20)(H,18,19).